The van der Waals surface area contributed by atoms with Crippen LogP contribution in [0.25, 0.3) is 0 Å². The Hall–Kier alpha value is -1.89. The molecule has 0 saturated heterocycles. The molecular weight excluding hydrogens is 292 g/mol. The highest BCUT2D eigenvalue weighted by molar-refractivity contribution is 7.12. The Morgan fingerprint density at radius 3 is 2.43 bits per heavy atom. The van der Waals surface area contributed by atoms with Gasteiger partial charge in [0.25, 0.3) is 5.91 Å². The van der Waals surface area contributed by atoms with Crippen LogP contribution in [0.15, 0.2) is 17.5 Å². The summed E-state index contributed by atoms with van der Waals surface area (Å²) >= 11 is 1.29. The Balaban J connectivity index is 2.64. The quantitative estimate of drug-likeness (QED) is 0.861. The van der Waals surface area contributed by atoms with E-state index in [1.807, 2.05) is 0 Å². The van der Waals surface area contributed by atoms with E-state index in [0.717, 1.165) is 0 Å². The van der Waals surface area contributed by atoms with Gasteiger partial charge >= 0.3 is 5.97 Å². The fraction of sp³-hybridized carbons (Fsp3) is 0.500. The minimum atomic E-state index is -1.09. The van der Waals surface area contributed by atoms with Crippen LogP contribution >= 0.6 is 11.3 Å². The zero-order valence-electron chi connectivity index (χ0n) is 12.5. The maximum Gasteiger partial charge on any atom is 0.326 e. The van der Waals surface area contributed by atoms with Crippen molar-refractivity contribution in [1.29, 1.82) is 0 Å². The van der Waals surface area contributed by atoms with E-state index in [0.29, 0.717) is 4.88 Å². The zero-order chi connectivity index (χ0) is 16.2. The summed E-state index contributed by atoms with van der Waals surface area (Å²) in [6, 6.07) is 2.43. The number of nitrogens with one attached hydrogen (secondary N) is 1. The molecule has 7 heteroatoms. The number of carboxylic acid groups (broad SMARTS) is 1. The summed E-state index contributed by atoms with van der Waals surface area (Å²) in [6.45, 7) is 5.00. The number of thiophene rings is 1. The van der Waals surface area contributed by atoms with Crippen LogP contribution in [0.4, 0.5) is 0 Å². The van der Waals surface area contributed by atoms with Gasteiger partial charge in [-0.3, -0.25) is 9.59 Å². The second-order valence-corrected chi connectivity index (χ2v) is 6.79. The summed E-state index contributed by atoms with van der Waals surface area (Å²) < 4.78 is 0. The monoisotopic (exact) mass is 312 g/mol. The average molecular weight is 312 g/mol. The van der Waals surface area contributed by atoms with Gasteiger partial charge in [0.05, 0.1) is 11.4 Å². The third-order valence-corrected chi connectivity index (χ3v) is 3.74. The molecule has 0 fully saturated rings. The Morgan fingerprint density at radius 1 is 1.38 bits per heavy atom. The minimum absolute atomic E-state index is 0.184. The van der Waals surface area contributed by atoms with Gasteiger partial charge in [-0.1, -0.05) is 26.8 Å². The van der Waals surface area contributed by atoms with Crippen molar-refractivity contribution in [1.82, 2.24) is 10.2 Å². The molecule has 1 heterocycles. The van der Waals surface area contributed by atoms with Gasteiger partial charge in [0.2, 0.25) is 5.91 Å². The number of hydrogen-bond acceptors (Lipinski definition) is 4. The topological polar surface area (TPSA) is 86.7 Å². The second kappa shape index (κ2) is 6.71. The van der Waals surface area contributed by atoms with Gasteiger partial charge in [-0.25, -0.2) is 4.79 Å². The summed E-state index contributed by atoms with van der Waals surface area (Å²) in [4.78, 5) is 36.9. The zero-order valence-corrected chi connectivity index (χ0v) is 13.4. The first kappa shape index (κ1) is 17.2. The maximum absolute atomic E-state index is 12.0. The predicted molar refractivity (Wildman–Crippen MR) is 80.3 cm³/mol. The van der Waals surface area contributed by atoms with Crippen molar-refractivity contribution in [3.05, 3.63) is 22.4 Å². The smallest absolute Gasteiger partial charge is 0.326 e. The molecule has 116 valence electrons. The van der Waals surface area contributed by atoms with Crippen LogP contribution in [0.2, 0.25) is 0 Å². The molecule has 0 aliphatic carbocycles. The number of rotatable bonds is 5. The Bertz CT molecular complexity index is 520. The minimum Gasteiger partial charge on any atom is -0.480 e. The van der Waals surface area contributed by atoms with Crippen molar-refractivity contribution >= 4 is 29.1 Å². The number of nitrogens with zero attached hydrogens (tertiary/aromatic N) is 1. The molecular formula is C14H20N2O4S. The van der Waals surface area contributed by atoms with Crippen LogP contribution in [0, 0.1) is 5.41 Å². The molecule has 0 bridgehead atoms. The first-order valence-electron chi connectivity index (χ1n) is 6.44. The Morgan fingerprint density at radius 2 is 2.00 bits per heavy atom. The number of amides is 2. The number of hydrogen-bond donors (Lipinski definition) is 2. The molecule has 0 spiro atoms. The highest BCUT2D eigenvalue weighted by Crippen LogP contribution is 2.19. The second-order valence-electron chi connectivity index (χ2n) is 5.84. The molecule has 1 atom stereocenters. The van der Waals surface area contributed by atoms with Gasteiger partial charge in [0, 0.05) is 7.05 Å². The molecule has 0 aromatic carbocycles. The normalized spacial score (nSPS) is 12.6. The van der Waals surface area contributed by atoms with Gasteiger partial charge in [-0.15, -0.1) is 11.3 Å². The van der Waals surface area contributed by atoms with E-state index in [1.165, 1.54) is 23.3 Å². The van der Waals surface area contributed by atoms with Crippen molar-refractivity contribution in [3.63, 3.8) is 0 Å². The number of carboxylic acids is 1. The Kier molecular flexibility index (Phi) is 5.48. The van der Waals surface area contributed by atoms with Crippen molar-refractivity contribution in [3.8, 4) is 0 Å². The SMILES string of the molecule is CN(CC(=O)N[C@H](C(=O)O)C(C)(C)C)C(=O)c1cccs1. The summed E-state index contributed by atoms with van der Waals surface area (Å²) in [7, 11) is 1.51. The van der Waals surface area contributed by atoms with E-state index in [2.05, 4.69) is 5.32 Å². The summed E-state index contributed by atoms with van der Waals surface area (Å²) in [5.74, 6) is -1.85. The van der Waals surface area contributed by atoms with Gasteiger partial charge in [0.15, 0.2) is 0 Å². The number of carbonyl (C=O) groups is 3. The van der Waals surface area contributed by atoms with Crippen LogP contribution in [-0.4, -0.2) is 47.4 Å². The lowest BCUT2D eigenvalue weighted by Gasteiger charge is -2.28. The summed E-state index contributed by atoms with van der Waals surface area (Å²) in [5, 5.41) is 13.4. The molecule has 21 heavy (non-hydrogen) atoms. The summed E-state index contributed by atoms with van der Waals surface area (Å²) in [5.41, 5.74) is -0.613. The Labute approximate surface area is 127 Å². The van der Waals surface area contributed by atoms with E-state index in [1.54, 1.807) is 38.3 Å². The fourth-order valence-corrected chi connectivity index (χ4v) is 2.45. The summed E-state index contributed by atoms with van der Waals surface area (Å²) in [6.07, 6.45) is 0. The van der Waals surface area contributed by atoms with E-state index < -0.39 is 23.3 Å². The molecule has 1 aromatic rings. The largest absolute Gasteiger partial charge is 0.480 e. The van der Waals surface area contributed by atoms with Crippen LogP contribution < -0.4 is 5.32 Å². The van der Waals surface area contributed by atoms with E-state index in [9.17, 15) is 14.4 Å². The molecule has 0 saturated carbocycles. The molecule has 2 N–H and O–H groups in total. The van der Waals surface area contributed by atoms with Crippen molar-refractivity contribution in [2.75, 3.05) is 13.6 Å². The van der Waals surface area contributed by atoms with E-state index >= 15 is 0 Å². The number of likely N-dealkylation sites (N-methyl/N-ethyl adjacent to an activating group) is 1. The first-order valence-corrected chi connectivity index (χ1v) is 7.32. The molecule has 0 aliphatic heterocycles. The van der Waals surface area contributed by atoms with Gasteiger partial charge in [-0.2, -0.15) is 0 Å². The van der Waals surface area contributed by atoms with Crippen molar-refractivity contribution < 1.29 is 19.5 Å². The average Bonchev–Trinajstić information content (AvgIpc) is 2.86. The van der Waals surface area contributed by atoms with E-state index in [4.69, 9.17) is 5.11 Å². The van der Waals surface area contributed by atoms with E-state index in [-0.39, 0.29) is 12.5 Å². The van der Waals surface area contributed by atoms with Crippen LogP contribution in [0.1, 0.15) is 30.4 Å². The molecule has 1 rings (SSSR count). The van der Waals surface area contributed by atoms with Gasteiger partial charge in [-0.05, 0) is 16.9 Å². The van der Waals surface area contributed by atoms with Crippen LogP contribution in [0.5, 0.6) is 0 Å². The highest BCUT2D eigenvalue weighted by Gasteiger charge is 2.32. The fourth-order valence-electron chi connectivity index (χ4n) is 1.73. The lowest BCUT2D eigenvalue weighted by molar-refractivity contribution is -0.145. The van der Waals surface area contributed by atoms with Crippen molar-refractivity contribution in [2.45, 2.75) is 26.8 Å². The molecule has 0 aliphatic rings. The van der Waals surface area contributed by atoms with Gasteiger partial charge in [0.1, 0.15) is 6.04 Å². The molecule has 0 radical (unpaired) electrons. The lowest BCUT2D eigenvalue weighted by Crippen LogP contribution is -2.51. The van der Waals surface area contributed by atoms with Gasteiger partial charge < -0.3 is 15.3 Å². The first-order chi connectivity index (χ1) is 9.62. The number of aliphatic carboxylic acids is 1. The third kappa shape index (κ3) is 4.86. The number of carbonyl (C=O) groups excluding carboxylic acids is 2. The molecule has 2 amide bonds. The van der Waals surface area contributed by atoms with Crippen molar-refractivity contribution in [2.24, 2.45) is 5.41 Å². The van der Waals surface area contributed by atoms with Crippen LogP contribution in [-0.2, 0) is 9.59 Å². The van der Waals surface area contributed by atoms with Crippen LogP contribution in [0.3, 0.4) is 0 Å². The third-order valence-electron chi connectivity index (χ3n) is 2.88. The lowest BCUT2D eigenvalue weighted by atomic mass is 9.87. The highest BCUT2D eigenvalue weighted by atomic mass is 32.1. The standard InChI is InChI=1S/C14H20N2O4S/c1-14(2,3)11(13(19)20)15-10(17)8-16(4)12(18)9-6-5-7-21-9/h5-7,11H,8H2,1-4H3,(H,15,17)(H,19,20)/t11-/m1/s1. The molecule has 6 nitrogen and oxygen atoms in total. The predicted octanol–water partition coefficient (Wildman–Crippen LogP) is 1.44. The molecule has 1 aromatic heterocycles. The molecule has 0 unspecified atom stereocenters. The maximum atomic E-state index is 12.0.